The third kappa shape index (κ3) is 3.93. The molecule has 0 bridgehead atoms. The van der Waals surface area contributed by atoms with Gasteiger partial charge in [-0.3, -0.25) is 9.59 Å². The number of amides is 2. The number of carbonyl (C=O) groups excluding carboxylic acids is 2. The molecule has 1 aliphatic heterocycles. The van der Waals surface area contributed by atoms with E-state index in [0.717, 1.165) is 21.7 Å². The molecule has 7 nitrogen and oxygen atoms in total. The minimum Gasteiger partial charge on any atom is -0.454 e. The quantitative estimate of drug-likeness (QED) is 0.525. The summed E-state index contributed by atoms with van der Waals surface area (Å²) >= 11 is 4.53. The van der Waals surface area contributed by atoms with Crippen LogP contribution in [0.4, 0.5) is 5.69 Å². The molecule has 2 atom stereocenters. The van der Waals surface area contributed by atoms with Crippen LogP contribution in [0.1, 0.15) is 18.4 Å². The summed E-state index contributed by atoms with van der Waals surface area (Å²) in [5.74, 6) is -0.424. The molecule has 0 saturated carbocycles. The van der Waals surface area contributed by atoms with Crippen LogP contribution in [0, 0.1) is 5.92 Å². The lowest BCUT2D eigenvalue weighted by atomic mass is 9.72. The van der Waals surface area contributed by atoms with E-state index >= 15 is 0 Å². The van der Waals surface area contributed by atoms with E-state index < -0.39 is 11.8 Å². The SMILES string of the molecule is CNC(=O)C1=C(C)C=C(Nc2ccccc2S)C(C(=O)NC)C1c1ccc2c(c1)OCO2. The molecule has 3 N–H and O–H groups in total. The third-order valence-corrected chi connectivity index (χ3v) is 6.11. The second-order valence-corrected chi connectivity index (χ2v) is 8.08. The number of ether oxygens (including phenoxy) is 2. The Labute approximate surface area is 192 Å². The van der Waals surface area contributed by atoms with Crippen molar-refractivity contribution < 1.29 is 19.1 Å². The minimum absolute atomic E-state index is 0.144. The Kier molecular flexibility index (Phi) is 6.14. The number of nitrogens with one attached hydrogen (secondary N) is 3. The second kappa shape index (κ2) is 9.00. The van der Waals surface area contributed by atoms with Gasteiger partial charge >= 0.3 is 0 Å². The molecule has 2 amide bonds. The Bertz CT molecular complexity index is 1140. The molecule has 4 rings (SSSR count). The van der Waals surface area contributed by atoms with Gasteiger partial charge in [0, 0.05) is 36.2 Å². The highest BCUT2D eigenvalue weighted by atomic mass is 32.1. The Morgan fingerprint density at radius 2 is 1.78 bits per heavy atom. The van der Waals surface area contributed by atoms with Crippen LogP contribution in [0.25, 0.3) is 0 Å². The first-order valence-electron chi connectivity index (χ1n) is 10.2. The Balaban J connectivity index is 1.87. The van der Waals surface area contributed by atoms with E-state index in [9.17, 15) is 9.59 Å². The average Bonchev–Trinajstić information content (AvgIpc) is 3.27. The summed E-state index contributed by atoms with van der Waals surface area (Å²) in [7, 11) is 3.18. The fraction of sp³-hybridized carbons (Fsp3) is 0.250. The summed E-state index contributed by atoms with van der Waals surface area (Å²) in [5.41, 5.74) is 3.54. The summed E-state index contributed by atoms with van der Waals surface area (Å²) in [6.45, 7) is 2.02. The van der Waals surface area contributed by atoms with E-state index in [1.54, 1.807) is 14.1 Å². The lowest BCUT2D eigenvalue weighted by Gasteiger charge is -2.35. The van der Waals surface area contributed by atoms with Crippen molar-refractivity contribution in [3.8, 4) is 11.5 Å². The van der Waals surface area contributed by atoms with Crippen LogP contribution in [0.2, 0.25) is 0 Å². The average molecular weight is 452 g/mol. The van der Waals surface area contributed by atoms with Crippen LogP contribution >= 0.6 is 12.6 Å². The van der Waals surface area contributed by atoms with Crippen LogP contribution in [0.5, 0.6) is 11.5 Å². The molecule has 0 aromatic heterocycles. The number of carbonyl (C=O) groups is 2. The van der Waals surface area contributed by atoms with Crippen LogP contribution < -0.4 is 25.4 Å². The summed E-state index contributed by atoms with van der Waals surface area (Å²) in [5, 5.41) is 8.86. The van der Waals surface area contributed by atoms with Gasteiger partial charge in [0.2, 0.25) is 18.6 Å². The Morgan fingerprint density at radius 1 is 1.03 bits per heavy atom. The molecule has 0 spiro atoms. The molecule has 1 aliphatic carbocycles. The van der Waals surface area contributed by atoms with E-state index in [1.807, 2.05) is 55.5 Å². The highest BCUT2D eigenvalue weighted by Crippen LogP contribution is 2.45. The lowest BCUT2D eigenvalue weighted by Crippen LogP contribution is -2.40. The molecular weight excluding hydrogens is 426 g/mol. The van der Waals surface area contributed by atoms with Crippen LogP contribution in [-0.2, 0) is 9.59 Å². The first-order valence-corrected chi connectivity index (χ1v) is 10.7. The van der Waals surface area contributed by atoms with Crippen molar-refractivity contribution in [1.29, 1.82) is 0 Å². The van der Waals surface area contributed by atoms with Crippen molar-refractivity contribution in [2.75, 3.05) is 26.2 Å². The van der Waals surface area contributed by atoms with Crippen molar-refractivity contribution in [1.82, 2.24) is 10.6 Å². The highest BCUT2D eigenvalue weighted by molar-refractivity contribution is 7.80. The highest BCUT2D eigenvalue weighted by Gasteiger charge is 2.41. The topological polar surface area (TPSA) is 88.7 Å². The monoisotopic (exact) mass is 451 g/mol. The zero-order valence-corrected chi connectivity index (χ0v) is 19.0. The standard InChI is InChI=1S/C24H25N3O4S/c1-13-10-16(27-15-6-4-5-7-19(15)32)22(24(29)26-3)21(20(13)23(28)25-2)14-8-9-17-18(11-14)31-12-30-17/h4-11,21-22,27,32H,12H2,1-3H3,(H,25,28)(H,26,29). The first-order chi connectivity index (χ1) is 15.4. The molecule has 2 aliphatic rings. The van der Waals surface area contributed by atoms with Gasteiger partial charge in [-0.1, -0.05) is 18.2 Å². The fourth-order valence-electron chi connectivity index (χ4n) is 4.21. The predicted molar refractivity (Wildman–Crippen MR) is 125 cm³/mol. The number of likely N-dealkylation sites (N-methyl/N-ethyl adjacent to an activating group) is 1. The maximum Gasteiger partial charge on any atom is 0.247 e. The van der Waals surface area contributed by atoms with E-state index in [0.29, 0.717) is 22.8 Å². The largest absolute Gasteiger partial charge is 0.454 e. The van der Waals surface area contributed by atoms with Crippen LogP contribution in [0.15, 0.2) is 70.3 Å². The van der Waals surface area contributed by atoms with Gasteiger partial charge in [0.05, 0.1) is 11.6 Å². The smallest absolute Gasteiger partial charge is 0.247 e. The summed E-state index contributed by atoms with van der Waals surface area (Å²) in [6.07, 6.45) is 1.86. The zero-order valence-electron chi connectivity index (χ0n) is 18.1. The molecule has 32 heavy (non-hydrogen) atoms. The normalized spacial score (nSPS) is 19.3. The van der Waals surface area contributed by atoms with Crippen molar-refractivity contribution in [2.24, 2.45) is 5.92 Å². The van der Waals surface area contributed by atoms with Gasteiger partial charge < -0.3 is 25.4 Å². The van der Waals surface area contributed by atoms with Crippen molar-refractivity contribution in [3.63, 3.8) is 0 Å². The number of benzene rings is 2. The number of rotatable bonds is 5. The van der Waals surface area contributed by atoms with Crippen molar-refractivity contribution >= 4 is 30.1 Å². The first kappa shape index (κ1) is 21.8. The molecule has 2 unspecified atom stereocenters. The van der Waals surface area contributed by atoms with Crippen molar-refractivity contribution in [2.45, 2.75) is 17.7 Å². The summed E-state index contributed by atoms with van der Waals surface area (Å²) in [4.78, 5) is 26.9. The maximum absolute atomic E-state index is 13.2. The van der Waals surface area contributed by atoms with Gasteiger partial charge in [-0.2, -0.15) is 0 Å². The number of para-hydroxylation sites is 1. The minimum atomic E-state index is -0.677. The van der Waals surface area contributed by atoms with E-state index in [1.165, 1.54) is 0 Å². The number of thiol groups is 1. The summed E-state index contributed by atoms with van der Waals surface area (Å²) in [6, 6.07) is 13.1. The molecule has 2 aromatic rings. The molecule has 1 heterocycles. The van der Waals surface area contributed by atoms with Crippen LogP contribution in [0.3, 0.4) is 0 Å². The molecule has 166 valence electrons. The molecule has 0 saturated heterocycles. The van der Waals surface area contributed by atoms with Crippen LogP contribution in [-0.4, -0.2) is 32.7 Å². The maximum atomic E-state index is 13.2. The fourth-order valence-corrected chi connectivity index (χ4v) is 4.43. The summed E-state index contributed by atoms with van der Waals surface area (Å²) < 4.78 is 11.0. The zero-order chi connectivity index (χ0) is 22.8. The van der Waals surface area contributed by atoms with Gasteiger partial charge in [-0.05, 0) is 48.4 Å². The van der Waals surface area contributed by atoms with E-state index in [2.05, 4.69) is 28.6 Å². The number of anilines is 1. The van der Waals surface area contributed by atoms with Gasteiger partial charge in [0.25, 0.3) is 0 Å². The Hall–Kier alpha value is -3.39. The lowest BCUT2D eigenvalue weighted by molar-refractivity contribution is -0.124. The number of hydrogen-bond acceptors (Lipinski definition) is 6. The molecule has 0 radical (unpaired) electrons. The molecule has 0 fully saturated rings. The third-order valence-electron chi connectivity index (χ3n) is 5.72. The molecular formula is C24H25N3O4S. The number of fused-ring (bicyclic) bond motifs is 1. The van der Waals surface area contributed by atoms with Gasteiger partial charge in [-0.15, -0.1) is 12.6 Å². The van der Waals surface area contributed by atoms with Gasteiger partial charge in [0.1, 0.15) is 0 Å². The predicted octanol–water partition coefficient (Wildman–Crippen LogP) is 3.22. The number of hydrogen-bond donors (Lipinski definition) is 4. The second-order valence-electron chi connectivity index (χ2n) is 7.60. The van der Waals surface area contributed by atoms with Gasteiger partial charge in [-0.25, -0.2) is 0 Å². The van der Waals surface area contributed by atoms with E-state index in [-0.39, 0.29) is 18.6 Å². The van der Waals surface area contributed by atoms with Crippen molar-refractivity contribution in [3.05, 3.63) is 70.9 Å². The van der Waals surface area contributed by atoms with E-state index in [4.69, 9.17) is 9.47 Å². The number of allylic oxidation sites excluding steroid dienone is 2. The molecule has 8 heteroatoms. The molecule has 2 aromatic carbocycles. The van der Waals surface area contributed by atoms with Gasteiger partial charge in [0.15, 0.2) is 11.5 Å². The Morgan fingerprint density at radius 3 is 2.50 bits per heavy atom.